The first-order valence-electron chi connectivity index (χ1n) is 8.73. The van der Waals surface area contributed by atoms with Gasteiger partial charge in [-0.15, -0.1) is 0 Å². The first-order valence-corrected chi connectivity index (χ1v) is 8.73. The highest BCUT2D eigenvalue weighted by atomic mass is 15.2. The monoisotopic (exact) mass is 331 g/mol. The maximum atomic E-state index is 9.50. The van der Waals surface area contributed by atoms with Gasteiger partial charge in [-0.05, 0) is 50.5 Å². The topological polar surface area (TPSA) is 68.6 Å². The van der Waals surface area contributed by atoms with Gasteiger partial charge in [-0.1, -0.05) is 12.1 Å². The summed E-state index contributed by atoms with van der Waals surface area (Å²) < 4.78 is 0. The van der Waals surface area contributed by atoms with Gasteiger partial charge in [0.05, 0.1) is 16.6 Å². The number of nitrogens with zero attached hydrogens (tertiary/aromatic N) is 4. The fourth-order valence-electron chi connectivity index (χ4n) is 3.71. The first-order chi connectivity index (χ1) is 12.2. The normalized spacial score (nSPS) is 15.5. The number of anilines is 1. The Bertz CT molecular complexity index is 925. The molecule has 3 aromatic rings. The van der Waals surface area contributed by atoms with E-state index in [0.29, 0.717) is 11.5 Å². The van der Waals surface area contributed by atoms with Crippen LogP contribution in [0.25, 0.3) is 11.0 Å². The summed E-state index contributed by atoms with van der Waals surface area (Å²) in [6.07, 6.45) is 2.03. The molecular formula is C20H21N5. The number of aryl methyl sites for hydroxylation is 2. The number of rotatable bonds is 2. The molecule has 25 heavy (non-hydrogen) atoms. The lowest BCUT2D eigenvalue weighted by Gasteiger charge is -2.32. The average Bonchev–Trinajstić information content (AvgIpc) is 3.05. The number of aromatic nitrogens is 3. The number of piperidine rings is 1. The lowest BCUT2D eigenvalue weighted by atomic mass is 9.95. The van der Waals surface area contributed by atoms with Crippen LogP contribution in [0.15, 0.2) is 30.3 Å². The number of nitriles is 1. The van der Waals surface area contributed by atoms with Crippen molar-refractivity contribution in [3.63, 3.8) is 0 Å². The van der Waals surface area contributed by atoms with Crippen LogP contribution in [0.5, 0.6) is 0 Å². The predicted octanol–water partition coefficient (Wildman–Crippen LogP) is 3.83. The fourth-order valence-corrected chi connectivity index (χ4v) is 3.71. The lowest BCUT2D eigenvalue weighted by molar-refractivity contribution is 0.487. The molecule has 4 rings (SSSR count). The van der Waals surface area contributed by atoms with E-state index in [1.54, 1.807) is 0 Å². The van der Waals surface area contributed by atoms with E-state index in [0.717, 1.165) is 59.9 Å². The summed E-state index contributed by atoms with van der Waals surface area (Å²) in [4.78, 5) is 15.1. The first kappa shape index (κ1) is 15.6. The maximum absolute atomic E-state index is 9.50. The van der Waals surface area contributed by atoms with Crippen LogP contribution in [0.1, 0.15) is 41.4 Å². The summed E-state index contributed by atoms with van der Waals surface area (Å²) in [6, 6.07) is 12.5. The molecule has 0 saturated carbocycles. The van der Waals surface area contributed by atoms with E-state index in [2.05, 4.69) is 27.0 Å². The summed E-state index contributed by atoms with van der Waals surface area (Å²) >= 11 is 0. The number of fused-ring (bicyclic) bond motifs is 1. The van der Waals surface area contributed by atoms with Crippen LogP contribution in [-0.4, -0.2) is 28.0 Å². The van der Waals surface area contributed by atoms with Gasteiger partial charge in [-0.25, -0.2) is 9.97 Å². The zero-order chi connectivity index (χ0) is 17.4. The minimum absolute atomic E-state index is 0.431. The molecule has 1 aliphatic rings. The van der Waals surface area contributed by atoms with E-state index in [1.807, 2.05) is 38.1 Å². The zero-order valence-corrected chi connectivity index (χ0v) is 14.6. The third-order valence-electron chi connectivity index (χ3n) is 5.03. The molecule has 0 amide bonds. The second-order valence-electron chi connectivity index (χ2n) is 6.79. The Kier molecular flexibility index (Phi) is 3.89. The van der Waals surface area contributed by atoms with Crippen molar-refractivity contribution in [1.82, 2.24) is 15.0 Å². The van der Waals surface area contributed by atoms with Crippen molar-refractivity contribution in [2.75, 3.05) is 18.0 Å². The number of pyridine rings is 1. The Morgan fingerprint density at radius 3 is 2.64 bits per heavy atom. The van der Waals surface area contributed by atoms with Gasteiger partial charge >= 0.3 is 0 Å². The molecule has 126 valence electrons. The van der Waals surface area contributed by atoms with Gasteiger partial charge in [0.2, 0.25) is 0 Å². The SMILES string of the molecule is Cc1cc(C)c(C#N)c(N2CCC(c3nc4ccccc4[nH]3)CC2)n1. The van der Waals surface area contributed by atoms with Crippen LogP contribution in [0.2, 0.25) is 0 Å². The highest BCUT2D eigenvalue weighted by Crippen LogP contribution is 2.31. The number of para-hydroxylation sites is 2. The van der Waals surface area contributed by atoms with Gasteiger partial charge in [0.25, 0.3) is 0 Å². The number of imidazole rings is 1. The van der Waals surface area contributed by atoms with Crippen LogP contribution in [0.3, 0.4) is 0 Å². The summed E-state index contributed by atoms with van der Waals surface area (Å²) in [6.45, 7) is 5.76. The largest absolute Gasteiger partial charge is 0.355 e. The molecule has 5 nitrogen and oxygen atoms in total. The van der Waals surface area contributed by atoms with Crippen molar-refractivity contribution in [2.24, 2.45) is 0 Å². The summed E-state index contributed by atoms with van der Waals surface area (Å²) in [5.41, 5.74) is 4.80. The van der Waals surface area contributed by atoms with Crippen LogP contribution in [-0.2, 0) is 0 Å². The van der Waals surface area contributed by atoms with Gasteiger partial charge in [0.15, 0.2) is 0 Å². The Morgan fingerprint density at radius 2 is 1.92 bits per heavy atom. The average molecular weight is 331 g/mol. The number of aromatic amines is 1. The van der Waals surface area contributed by atoms with Crippen LogP contribution >= 0.6 is 0 Å². The Hall–Kier alpha value is -2.87. The molecule has 1 aromatic carbocycles. The summed E-state index contributed by atoms with van der Waals surface area (Å²) in [5, 5.41) is 9.50. The third-order valence-corrected chi connectivity index (χ3v) is 5.03. The Labute approximate surface area is 147 Å². The molecule has 0 spiro atoms. The highest BCUT2D eigenvalue weighted by Gasteiger charge is 2.25. The molecule has 5 heteroatoms. The minimum Gasteiger partial charge on any atom is -0.355 e. The number of hydrogen-bond donors (Lipinski definition) is 1. The second-order valence-corrected chi connectivity index (χ2v) is 6.79. The molecule has 0 aliphatic carbocycles. The van der Waals surface area contributed by atoms with Crippen molar-refractivity contribution < 1.29 is 0 Å². The fraction of sp³-hybridized carbons (Fsp3) is 0.350. The maximum Gasteiger partial charge on any atom is 0.147 e. The third kappa shape index (κ3) is 2.85. The molecule has 3 heterocycles. The van der Waals surface area contributed by atoms with Crippen molar-refractivity contribution >= 4 is 16.9 Å². The summed E-state index contributed by atoms with van der Waals surface area (Å²) in [7, 11) is 0. The van der Waals surface area contributed by atoms with E-state index < -0.39 is 0 Å². The quantitative estimate of drug-likeness (QED) is 0.775. The van der Waals surface area contributed by atoms with Crippen molar-refractivity contribution in [3.05, 3.63) is 53.0 Å². The van der Waals surface area contributed by atoms with Crippen LogP contribution < -0.4 is 4.90 Å². The van der Waals surface area contributed by atoms with E-state index in [-0.39, 0.29) is 0 Å². The van der Waals surface area contributed by atoms with Gasteiger partial charge in [-0.2, -0.15) is 5.26 Å². The molecule has 1 saturated heterocycles. The van der Waals surface area contributed by atoms with Crippen molar-refractivity contribution in [1.29, 1.82) is 5.26 Å². The summed E-state index contributed by atoms with van der Waals surface area (Å²) in [5.74, 6) is 2.35. The number of hydrogen-bond acceptors (Lipinski definition) is 4. The molecule has 0 bridgehead atoms. The molecule has 1 N–H and O–H groups in total. The molecule has 1 fully saturated rings. The van der Waals surface area contributed by atoms with E-state index in [4.69, 9.17) is 4.98 Å². The second kappa shape index (κ2) is 6.21. The minimum atomic E-state index is 0.431. The number of benzene rings is 1. The lowest BCUT2D eigenvalue weighted by Crippen LogP contribution is -2.34. The van der Waals surface area contributed by atoms with Gasteiger partial charge in [0, 0.05) is 24.7 Å². The van der Waals surface area contributed by atoms with E-state index in [1.165, 1.54) is 0 Å². The Morgan fingerprint density at radius 1 is 1.16 bits per heavy atom. The molecular weight excluding hydrogens is 310 g/mol. The molecule has 0 unspecified atom stereocenters. The number of nitrogens with one attached hydrogen (secondary N) is 1. The zero-order valence-electron chi connectivity index (χ0n) is 14.6. The molecule has 2 aromatic heterocycles. The smallest absolute Gasteiger partial charge is 0.147 e. The Balaban J connectivity index is 1.55. The highest BCUT2D eigenvalue weighted by molar-refractivity contribution is 5.74. The van der Waals surface area contributed by atoms with Gasteiger partial charge in [-0.3, -0.25) is 0 Å². The van der Waals surface area contributed by atoms with Gasteiger partial charge < -0.3 is 9.88 Å². The molecule has 1 aliphatic heterocycles. The van der Waals surface area contributed by atoms with E-state index in [9.17, 15) is 5.26 Å². The standard InChI is InChI=1S/C20H21N5/c1-13-11-14(2)22-20(16(13)12-21)25-9-7-15(8-10-25)19-23-17-5-3-4-6-18(17)24-19/h3-6,11,15H,7-10H2,1-2H3,(H,23,24). The van der Waals surface area contributed by atoms with E-state index >= 15 is 0 Å². The van der Waals surface area contributed by atoms with Crippen LogP contribution in [0.4, 0.5) is 5.82 Å². The predicted molar refractivity (Wildman–Crippen MR) is 98.7 cm³/mol. The van der Waals surface area contributed by atoms with Crippen molar-refractivity contribution in [2.45, 2.75) is 32.6 Å². The molecule has 0 atom stereocenters. The van der Waals surface area contributed by atoms with Crippen LogP contribution in [0, 0.1) is 25.2 Å². The van der Waals surface area contributed by atoms with Crippen molar-refractivity contribution in [3.8, 4) is 6.07 Å². The molecule has 0 radical (unpaired) electrons. The number of H-pyrrole nitrogens is 1. The van der Waals surface area contributed by atoms with Gasteiger partial charge in [0.1, 0.15) is 17.7 Å².